The number of aryl methyl sites for hydroxylation is 1. The van der Waals surface area contributed by atoms with Crippen molar-refractivity contribution < 1.29 is 26.2 Å². The van der Waals surface area contributed by atoms with E-state index >= 15 is 0 Å². The second-order valence-corrected chi connectivity index (χ2v) is 11.7. The van der Waals surface area contributed by atoms with Crippen molar-refractivity contribution >= 4 is 28.1 Å². The van der Waals surface area contributed by atoms with E-state index in [4.69, 9.17) is 4.98 Å². The fraction of sp³-hybridized carbons (Fsp3) is 0.242. The van der Waals surface area contributed by atoms with Gasteiger partial charge >= 0.3 is 0 Å². The molecule has 0 amide bonds. The van der Waals surface area contributed by atoms with Gasteiger partial charge in [-0.2, -0.15) is 0 Å². The Labute approximate surface area is 244 Å². The number of pyridine rings is 1. The van der Waals surface area contributed by atoms with E-state index < -0.39 is 0 Å². The summed E-state index contributed by atoms with van der Waals surface area (Å²) in [4.78, 5) is 16.1. The van der Waals surface area contributed by atoms with E-state index in [1.54, 1.807) is 24.7 Å². The third-order valence-electron chi connectivity index (χ3n) is 7.59. The van der Waals surface area contributed by atoms with Crippen molar-refractivity contribution in [3.63, 3.8) is 0 Å². The maximum Gasteiger partial charge on any atom is 0.154 e. The SMILES string of the molecule is Cc1ccc2c(c1)N(c1cnccn1)c1[c-]c(-c3ccc4c(C(C)(C)C)ccc(O)c4n3)ccc1C2(C)C.[Pt]. The molecule has 2 aromatic heterocycles. The van der Waals surface area contributed by atoms with Gasteiger partial charge in [-0.3, -0.25) is 9.97 Å². The molecule has 3 aromatic carbocycles. The van der Waals surface area contributed by atoms with Crippen molar-refractivity contribution in [3.8, 4) is 17.0 Å². The van der Waals surface area contributed by atoms with E-state index in [1.165, 1.54) is 11.1 Å². The van der Waals surface area contributed by atoms with E-state index in [-0.39, 0.29) is 37.6 Å². The molecule has 0 fully saturated rings. The van der Waals surface area contributed by atoms with E-state index in [0.29, 0.717) is 5.52 Å². The largest absolute Gasteiger partial charge is 0.506 e. The van der Waals surface area contributed by atoms with Crippen LogP contribution in [0.2, 0.25) is 0 Å². The van der Waals surface area contributed by atoms with Crippen LogP contribution in [0, 0.1) is 13.0 Å². The van der Waals surface area contributed by atoms with Crippen LogP contribution in [0.5, 0.6) is 5.75 Å². The fourth-order valence-corrected chi connectivity index (χ4v) is 5.58. The predicted molar refractivity (Wildman–Crippen MR) is 154 cm³/mol. The molecule has 5 nitrogen and oxygen atoms in total. The summed E-state index contributed by atoms with van der Waals surface area (Å²) < 4.78 is 0. The molecule has 0 atom stereocenters. The number of rotatable bonds is 2. The Morgan fingerprint density at radius 2 is 1.69 bits per heavy atom. The van der Waals surface area contributed by atoms with Gasteiger partial charge in [-0.1, -0.05) is 70.5 Å². The first-order valence-electron chi connectivity index (χ1n) is 12.9. The molecule has 0 aliphatic carbocycles. The number of aromatic nitrogens is 3. The van der Waals surface area contributed by atoms with Crippen molar-refractivity contribution in [2.24, 2.45) is 0 Å². The van der Waals surface area contributed by atoms with Crippen LogP contribution < -0.4 is 4.90 Å². The van der Waals surface area contributed by atoms with Crippen molar-refractivity contribution in [2.45, 2.75) is 52.4 Å². The molecule has 6 rings (SSSR count). The van der Waals surface area contributed by atoms with Crippen LogP contribution in [-0.2, 0) is 31.9 Å². The van der Waals surface area contributed by atoms with Gasteiger partial charge in [0.2, 0.25) is 0 Å². The molecule has 1 N–H and O–H groups in total. The first kappa shape index (κ1) is 27.0. The Bertz CT molecular complexity index is 1710. The van der Waals surface area contributed by atoms with Crippen LogP contribution in [0.15, 0.2) is 73.2 Å². The van der Waals surface area contributed by atoms with Gasteiger partial charge in [-0.15, -0.1) is 23.8 Å². The minimum absolute atomic E-state index is 0. The smallest absolute Gasteiger partial charge is 0.154 e. The summed E-state index contributed by atoms with van der Waals surface area (Å²) in [6.07, 6.45) is 5.19. The fourth-order valence-electron chi connectivity index (χ4n) is 5.58. The third-order valence-corrected chi connectivity index (χ3v) is 7.59. The van der Waals surface area contributed by atoms with E-state index in [9.17, 15) is 5.11 Å². The molecule has 5 aromatic rings. The molecule has 1 aliphatic heterocycles. The monoisotopic (exact) mass is 694 g/mol. The van der Waals surface area contributed by atoms with Gasteiger partial charge in [0.25, 0.3) is 0 Å². The van der Waals surface area contributed by atoms with Crippen LogP contribution in [-0.4, -0.2) is 20.1 Å². The average Bonchev–Trinajstić information content (AvgIpc) is 2.88. The number of phenolic OH excluding ortho intramolecular Hbond substituents is 1. The number of benzene rings is 3. The molecule has 0 unspecified atom stereocenters. The Morgan fingerprint density at radius 1 is 0.923 bits per heavy atom. The van der Waals surface area contributed by atoms with Crippen LogP contribution >= 0.6 is 0 Å². The van der Waals surface area contributed by atoms with Gasteiger partial charge in [0, 0.05) is 44.5 Å². The summed E-state index contributed by atoms with van der Waals surface area (Å²) in [6, 6.07) is 22.3. The van der Waals surface area contributed by atoms with Crippen molar-refractivity contribution in [3.05, 3.63) is 102 Å². The molecule has 0 bridgehead atoms. The summed E-state index contributed by atoms with van der Waals surface area (Å²) in [7, 11) is 0. The molecule has 0 saturated heterocycles. The first-order valence-corrected chi connectivity index (χ1v) is 12.9. The van der Waals surface area contributed by atoms with Crippen molar-refractivity contribution in [2.75, 3.05) is 4.90 Å². The maximum atomic E-state index is 10.7. The molecule has 0 radical (unpaired) electrons. The van der Waals surface area contributed by atoms with Crippen LogP contribution in [0.25, 0.3) is 22.2 Å². The van der Waals surface area contributed by atoms with Gasteiger partial charge in [0.05, 0.1) is 6.20 Å². The molecular formula is C33H31N4OPt-. The number of hydrogen-bond donors (Lipinski definition) is 1. The number of nitrogens with zero attached hydrogens (tertiary/aromatic N) is 4. The van der Waals surface area contributed by atoms with Gasteiger partial charge in [0.15, 0.2) is 5.82 Å². The summed E-state index contributed by atoms with van der Waals surface area (Å²) in [5.41, 5.74) is 8.64. The predicted octanol–water partition coefficient (Wildman–Crippen LogP) is 7.91. The third kappa shape index (κ3) is 4.43. The molecule has 0 spiro atoms. The number of aromatic hydroxyl groups is 1. The Hall–Kier alpha value is -3.56. The second kappa shape index (κ2) is 9.57. The van der Waals surface area contributed by atoms with Crippen molar-refractivity contribution in [1.29, 1.82) is 0 Å². The second-order valence-electron chi connectivity index (χ2n) is 11.7. The Morgan fingerprint density at radius 3 is 2.41 bits per heavy atom. The zero-order chi connectivity index (χ0) is 26.8. The van der Waals surface area contributed by atoms with Gasteiger partial charge in [-0.05, 0) is 58.0 Å². The summed E-state index contributed by atoms with van der Waals surface area (Å²) in [5, 5.41) is 11.7. The molecule has 200 valence electrons. The van der Waals surface area contributed by atoms with E-state index in [0.717, 1.165) is 45.0 Å². The average molecular weight is 695 g/mol. The van der Waals surface area contributed by atoms with E-state index in [2.05, 4.69) is 98.9 Å². The van der Waals surface area contributed by atoms with Crippen LogP contribution in [0.3, 0.4) is 0 Å². The Kier molecular flexibility index (Phi) is 6.63. The normalized spacial score (nSPS) is 13.9. The topological polar surface area (TPSA) is 62.1 Å². The molecule has 0 saturated carbocycles. The minimum atomic E-state index is -0.233. The summed E-state index contributed by atoms with van der Waals surface area (Å²) >= 11 is 0. The first-order chi connectivity index (χ1) is 18.1. The van der Waals surface area contributed by atoms with E-state index in [1.807, 2.05) is 12.1 Å². The standard InChI is InChI=1S/C33H31N4O.Pt/c1-20-7-10-24-27(17-20)37(30-19-34-15-16-35-30)28-18-21(8-11-25(28)33(24,5)6)26-13-9-22-23(32(2,3)4)12-14-29(38)31(22)36-26;/h7-17,19,38H,1-6H3;/q-1;. The Balaban J connectivity index is 0.00000308. The minimum Gasteiger partial charge on any atom is -0.506 e. The van der Waals surface area contributed by atoms with Crippen LogP contribution in [0.4, 0.5) is 17.2 Å². The number of phenols is 1. The molecule has 39 heavy (non-hydrogen) atoms. The van der Waals surface area contributed by atoms with Gasteiger partial charge < -0.3 is 10.0 Å². The number of anilines is 3. The molecule has 3 heterocycles. The van der Waals surface area contributed by atoms with Crippen molar-refractivity contribution in [1.82, 2.24) is 15.0 Å². The molecule has 1 aliphatic rings. The van der Waals surface area contributed by atoms with Gasteiger partial charge in [0.1, 0.15) is 11.3 Å². The summed E-state index contributed by atoms with van der Waals surface area (Å²) in [6.45, 7) is 13.1. The molecular weight excluding hydrogens is 663 g/mol. The van der Waals surface area contributed by atoms with Crippen LogP contribution in [0.1, 0.15) is 56.9 Å². The maximum absolute atomic E-state index is 10.7. The molecule has 6 heteroatoms. The number of hydrogen-bond acceptors (Lipinski definition) is 5. The number of fused-ring (bicyclic) bond motifs is 3. The zero-order valence-electron chi connectivity index (χ0n) is 23.0. The quantitative estimate of drug-likeness (QED) is 0.191. The zero-order valence-corrected chi connectivity index (χ0v) is 25.3. The summed E-state index contributed by atoms with van der Waals surface area (Å²) in [5.74, 6) is 0.919. The van der Waals surface area contributed by atoms with Gasteiger partial charge in [-0.25, -0.2) is 4.98 Å².